The first-order valence-electron chi connectivity index (χ1n) is 16.0. The van der Waals surface area contributed by atoms with Crippen molar-refractivity contribution in [1.29, 1.82) is 16.5 Å². The molecule has 15 heteroatoms. The van der Waals surface area contributed by atoms with Gasteiger partial charge in [-0.15, -0.1) is 0 Å². The summed E-state index contributed by atoms with van der Waals surface area (Å²) in [5.41, 5.74) is 16.0. The van der Waals surface area contributed by atoms with E-state index in [9.17, 15) is 24.0 Å². The maximum atomic E-state index is 14.0. The molecule has 0 aromatic heterocycles. The van der Waals surface area contributed by atoms with E-state index in [4.69, 9.17) is 31.8 Å². The van der Waals surface area contributed by atoms with Gasteiger partial charge in [0.2, 0.25) is 11.8 Å². The normalized spacial score (nSPS) is 15.4. The van der Waals surface area contributed by atoms with E-state index in [2.05, 4.69) is 10.6 Å². The highest BCUT2D eigenvalue weighted by atomic mass is 31.1. The molecule has 1 aliphatic heterocycles. The van der Waals surface area contributed by atoms with Crippen LogP contribution in [0.4, 0.5) is 0 Å². The number of aldehydes is 1. The van der Waals surface area contributed by atoms with Gasteiger partial charge in [-0.1, -0.05) is 66.7 Å². The second-order valence-electron chi connectivity index (χ2n) is 11.2. The molecule has 0 radical (unpaired) electrons. The molecular formula is C35H46N7O7P. The summed E-state index contributed by atoms with van der Waals surface area (Å²) in [6.07, 6.45) is 2.14. The number of ketones is 1. The van der Waals surface area contributed by atoms with Crippen LogP contribution in [0.25, 0.3) is 10.8 Å². The SMILES string of the molecule is CO.CP(OCC(=O)C(CC=O)NC(=O)C1CCCCN1C(=O)C(CCC(=N)N)NC(=O)c1cccc2ccccc12)c1ccccc1.N=N. The number of piperidine rings is 1. The molecule has 4 atom stereocenters. The minimum atomic E-state index is -1.11. The summed E-state index contributed by atoms with van der Waals surface area (Å²) in [7, 11) is -0.0742. The van der Waals surface area contributed by atoms with Crippen molar-refractivity contribution in [1.82, 2.24) is 15.5 Å². The molecule has 3 aromatic carbocycles. The Morgan fingerprint density at radius 1 is 0.980 bits per heavy atom. The summed E-state index contributed by atoms with van der Waals surface area (Å²) in [4.78, 5) is 67.0. The molecule has 4 rings (SSSR count). The lowest BCUT2D eigenvalue weighted by Crippen LogP contribution is -2.59. The third-order valence-electron chi connectivity index (χ3n) is 7.99. The van der Waals surface area contributed by atoms with E-state index in [-0.39, 0.29) is 38.2 Å². The number of nitrogens with two attached hydrogens (primary N) is 1. The minimum absolute atomic E-state index is 0.0653. The molecule has 14 nitrogen and oxygen atoms in total. The molecule has 3 aromatic rings. The Labute approximate surface area is 292 Å². The number of benzene rings is 3. The van der Waals surface area contributed by atoms with Crippen LogP contribution in [0.5, 0.6) is 0 Å². The fourth-order valence-corrected chi connectivity index (χ4v) is 6.56. The van der Waals surface area contributed by atoms with Crippen molar-refractivity contribution in [2.45, 2.75) is 56.7 Å². The van der Waals surface area contributed by atoms with E-state index >= 15 is 0 Å². The molecule has 0 spiro atoms. The highest BCUT2D eigenvalue weighted by Gasteiger charge is 2.37. The zero-order valence-corrected chi connectivity index (χ0v) is 29.2. The van der Waals surface area contributed by atoms with Crippen LogP contribution in [0, 0.1) is 16.5 Å². The van der Waals surface area contributed by atoms with Gasteiger partial charge in [0.05, 0.1) is 20.0 Å². The number of carbonyl (C=O) groups excluding carboxylic acids is 5. The first-order valence-corrected chi connectivity index (χ1v) is 17.7. The molecule has 3 amide bonds. The number of likely N-dealkylation sites (tertiary alicyclic amines) is 1. The zero-order valence-electron chi connectivity index (χ0n) is 28.3. The quantitative estimate of drug-likeness (QED) is 0.0406. The van der Waals surface area contributed by atoms with E-state index in [1.54, 1.807) is 12.1 Å². The molecule has 0 aliphatic carbocycles. The van der Waals surface area contributed by atoms with E-state index in [1.807, 2.05) is 67.3 Å². The van der Waals surface area contributed by atoms with E-state index < -0.39 is 49.8 Å². The number of hydrogen-bond acceptors (Lipinski definition) is 10. The average Bonchev–Trinajstić information content (AvgIpc) is 3.16. The Kier molecular flexibility index (Phi) is 18.1. The second kappa shape index (κ2) is 21.9. The number of nitrogens with zero attached hydrogens (tertiary/aromatic N) is 1. The molecule has 1 saturated heterocycles. The predicted octanol–water partition coefficient (Wildman–Crippen LogP) is 3.25. The molecule has 1 fully saturated rings. The van der Waals surface area contributed by atoms with Crippen molar-refractivity contribution in [3.8, 4) is 0 Å². The number of amides is 3. The van der Waals surface area contributed by atoms with Gasteiger partial charge in [-0.3, -0.25) is 24.6 Å². The smallest absolute Gasteiger partial charge is 0.252 e. The summed E-state index contributed by atoms with van der Waals surface area (Å²) in [5, 5.41) is 22.8. The Morgan fingerprint density at radius 3 is 2.32 bits per heavy atom. The second-order valence-corrected chi connectivity index (χ2v) is 13.0. The highest BCUT2D eigenvalue weighted by molar-refractivity contribution is 7.60. The molecule has 0 bridgehead atoms. The average molecular weight is 708 g/mol. The van der Waals surface area contributed by atoms with E-state index in [0.29, 0.717) is 31.1 Å². The van der Waals surface area contributed by atoms with Crippen LogP contribution in [0.1, 0.15) is 48.9 Å². The van der Waals surface area contributed by atoms with Crippen LogP contribution in [-0.4, -0.2) is 90.7 Å². The molecule has 50 heavy (non-hydrogen) atoms. The third kappa shape index (κ3) is 11.9. The minimum Gasteiger partial charge on any atom is -0.400 e. The highest BCUT2D eigenvalue weighted by Crippen LogP contribution is 2.30. The van der Waals surface area contributed by atoms with Gasteiger partial charge in [0.25, 0.3) is 5.91 Å². The molecule has 1 aliphatic rings. The summed E-state index contributed by atoms with van der Waals surface area (Å²) in [6, 6.07) is 19.1. The van der Waals surface area contributed by atoms with Gasteiger partial charge in [0, 0.05) is 37.4 Å². The Balaban J connectivity index is 0.00000209. The maximum Gasteiger partial charge on any atom is 0.252 e. The topological polar surface area (TPSA) is 240 Å². The van der Waals surface area contributed by atoms with Crippen molar-refractivity contribution >= 4 is 59.9 Å². The van der Waals surface area contributed by atoms with Crippen LogP contribution in [0.3, 0.4) is 0 Å². The lowest BCUT2D eigenvalue weighted by atomic mass is 9.97. The predicted molar refractivity (Wildman–Crippen MR) is 192 cm³/mol. The van der Waals surface area contributed by atoms with Crippen LogP contribution < -0.4 is 21.7 Å². The van der Waals surface area contributed by atoms with Gasteiger partial charge >= 0.3 is 0 Å². The molecule has 4 unspecified atom stereocenters. The van der Waals surface area contributed by atoms with Crippen molar-refractivity contribution in [2.24, 2.45) is 5.73 Å². The Hall–Kier alpha value is -4.91. The molecule has 0 saturated carbocycles. The van der Waals surface area contributed by atoms with Crippen LogP contribution in [0.15, 0.2) is 72.8 Å². The van der Waals surface area contributed by atoms with Gasteiger partial charge in [0.15, 0.2) is 5.78 Å². The van der Waals surface area contributed by atoms with Gasteiger partial charge < -0.3 is 35.7 Å². The number of carbonyl (C=O) groups is 5. The summed E-state index contributed by atoms with van der Waals surface area (Å²) in [6.45, 7) is 1.86. The Bertz CT molecular complexity index is 1590. The summed E-state index contributed by atoms with van der Waals surface area (Å²) < 4.78 is 5.80. The van der Waals surface area contributed by atoms with Gasteiger partial charge in [-0.2, -0.15) is 0 Å². The number of aliphatic hydroxyl groups excluding tert-OH is 1. The van der Waals surface area contributed by atoms with Gasteiger partial charge in [0.1, 0.15) is 25.0 Å². The van der Waals surface area contributed by atoms with Gasteiger partial charge in [-0.25, -0.2) is 11.1 Å². The van der Waals surface area contributed by atoms with Crippen LogP contribution in [0.2, 0.25) is 0 Å². The molecule has 8 N–H and O–H groups in total. The lowest BCUT2D eigenvalue weighted by Gasteiger charge is -2.37. The number of hydrogen-bond donors (Lipinski definition) is 7. The third-order valence-corrected chi connectivity index (χ3v) is 9.53. The van der Waals surface area contributed by atoms with E-state index in [0.717, 1.165) is 23.2 Å². The monoisotopic (exact) mass is 707 g/mol. The number of fused-ring (bicyclic) bond motifs is 1. The molecular weight excluding hydrogens is 661 g/mol. The fourth-order valence-electron chi connectivity index (χ4n) is 5.49. The molecule has 268 valence electrons. The number of rotatable bonds is 15. The van der Waals surface area contributed by atoms with Crippen molar-refractivity contribution in [2.75, 3.05) is 26.9 Å². The van der Waals surface area contributed by atoms with Crippen molar-refractivity contribution < 1.29 is 33.6 Å². The van der Waals surface area contributed by atoms with Crippen LogP contribution in [-0.2, 0) is 23.7 Å². The number of aliphatic hydroxyl groups is 1. The van der Waals surface area contributed by atoms with Crippen molar-refractivity contribution in [3.63, 3.8) is 0 Å². The first kappa shape index (κ1) is 41.3. The fraction of sp³-hybridized carbons (Fsp3) is 0.371. The lowest BCUT2D eigenvalue weighted by molar-refractivity contribution is -0.144. The maximum absolute atomic E-state index is 14.0. The largest absolute Gasteiger partial charge is 0.400 e. The Morgan fingerprint density at radius 2 is 1.64 bits per heavy atom. The summed E-state index contributed by atoms with van der Waals surface area (Å²) >= 11 is 0. The summed E-state index contributed by atoms with van der Waals surface area (Å²) in [5.74, 6) is -2.07. The first-order chi connectivity index (χ1) is 24.2. The van der Waals surface area contributed by atoms with Crippen LogP contribution >= 0.6 is 8.15 Å². The number of Topliss-reactive ketones (excluding diaryl/α,β-unsaturated/α-hetero) is 1. The number of amidine groups is 1. The number of nitrogens with one attached hydrogen (secondary N) is 5. The standard InChI is InChI=1S/C34H40N5O6P.CH4O.H2N2/c1-46(24-12-3-2-4-13-24)45-22-30(41)27(19-21-40)37-33(43)29-16-7-8-20-39(29)34(44)28(17-18-31(35)36)38-32(42)26-15-9-11-23-10-5-6-14-25(23)26;2*1-2/h2-6,9-15,21,27-29H,7-8,16-20,22H2,1H3,(H3,35,36)(H,37,43)(H,38,42);2H,1H3;1-2H. The van der Waals surface area contributed by atoms with Crippen molar-refractivity contribution in [3.05, 3.63) is 78.4 Å². The van der Waals surface area contributed by atoms with E-state index in [1.165, 1.54) is 4.90 Å². The zero-order chi connectivity index (χ0) is 37.1. The van der Waals surface area contributed by atoms with Gasteiger partial charge in [-0.05, 0) is 49.2 Å². The molecule has 1 heterocycles.